The van der Waals surface area contributed by atoms with E-state index in [1.54, 1.807) is 10.9 Å². The van der Waals surface area contributed by atoms with Gasteiger partial charge in [-0.05, 0) is 30.2 Å². The van der Waals surface area contributed by atoms with Crippen molar-refractivity contribution in [2.45, 2.75) is 31.0 Å². The van der Waals surface area contributed by atoms with Crippen molar-refractivity contribution in [1.82, 2.24) is 30.4 Å². The first kappa shape index (κ1) is 12.2. The number of nitrogens with one attached hydrogen (secondary N) is 2. The largest absolute Gasteiger partial charge is 0.310 e. The van der Waals surface area contributed by atoms with Gasteiger partial charge in [0.2, 0.25) is 11.1 Å². The van der Waals surface area contributed by atoms with E-state index in [0.29, 0.717) is 17.0 Å². The van der Waals surface area contributed by atoms with Crippen molar-refractivity contribution in [3.8, 4) is 0 Å². The monoisotopic (exact) mass is 279 g/mol. The number of nitrogens with zero attached hydrogens (tertiary/aromatic N) is 5. The third-order valence-corrected chi connectivity index (χ3v) is 3.71. The molecule has 8 nitrogen and oxygen atoms in total. The van der Waals surface area contributed by atoms with Crippen LogP contribution in [0, 0.1) is 6.92 Å². The van der Waals surface area contributed by atoms with Crippen LogP contribution in [-0.2, 0) is 4.79 Å². The summed E-state index contributed by atoms with van der Waals surface area (Å²) >= 11 is 1.34. The number of carbonyl (C=O) groups excluding carboxylic acids is 1. The van der Waals surface area contributed by atoms with Gasteiger partial charge in [-0.1, -0.05) is 11.8 Å². The maximum atomic E-state index is 11.8. The maximum Gasteiger partial charge on any atom is 0.235 e. The summed E-state index contributed by atoms with van der Waals surface area (Å²) in [4.78, 5) is 11.8. The number of anilines is 1. The normalized spacial score (nSPS) is 14.6. The second-order valence-electron chi connectivity index (χ2n) is 4.40. The van der Waals surface area contributed by atoms with E-state index in [2.05, 4.69) is 31.0 Å². The fraction of sp³-hybridized carbons (Fsp3) is 0.500. The molecular formula is C10H13N7OS. The summed E-state index contributed by atoms with van der Waals surface area (Å²) in [5.74, 6) is 0.793. The van der Waals surface area contributed by atoms with E-state index in [1.165, 1.54) is 11.8 Å². The molecule has 0 atom stereocenters. The van der Waals surface area contributed by atoms with Crippen molar-refractivity contribution in [2.24, 2.45) is 0 Å². The molecule has 2 aromatic rings. The number of rotatable bonds is 5. The first-order valence-electron chi connectivity index (χ1n) is 5.94. The number of amides is 1. The number of aromatic amines is 1. The number of carbonyl (C=O) groups is 1. The van der Waals surface area contributed by atoms with Gasteiger partial charge in [0.05, 0.1) is 18.0 Å². The Bertz CT molecular complexity index is 588. The highest BCUT2D eigenvalue weighted by Gasteiger charge is 2.28. The molecule has 0 spiro atoms. The van der Waals surface area contributed by atoms with Crippen LogP contribution in [0.1, 0.15) is 24.4 Å². The molecule has 1 aliphatic rings. The topological polar surface area (TPSA) is 101 Å². The Morgan fingerprint density at radius 3 is 3.16 bits per heavy atom. The predicted molar refractivity (Wildman–Crippen MR) is 68.8 cm³/mol. The van der Waals surface area contributed by atoms with E-state index in [-0.39, 0.29) is 11.7 Å². The molecule has 2 N–H and O–H groups in total. The van der Waals surface area contributed by atoms with Crippen LogP contribution >= 0.6 is 11.8 Å². The standard InChI is InChI=1S/C10H13N7OS/c1-6-4-11-13-9(6)12-8(18)5-19-10-14-15-16-17(10)7-2-3-7/h4,7H,2-3,5H2,1H3,(H2,11,12,13,18). The van der Waals surface area contributed by atoms with Gasteiger partial charge in [0.1, 0.15) is 5.82 Å². The van der Waals surface area contributed by atoms with Crippen molar-refractivity contribution in [2.75, 3.05) is 11.1 Å². The van der Waals surface area contributed by atoms with E-state index in [1.807, 2.05) is 6.92 Å². The van der Waals surface area contributed by atoms with E-state index in [4.69, 9.17) is 0 Å². The molecule has 0 saturated heterocycles. The van der Waals surface area contributed by atoms with Crippen molar-refractivity contribution in [3.05, 3.63) is 11.8 Å². The molecular weight excluding hydrogens is 266 g/mol. The highest BCUT2D eigenvalue weighted by molar-refractivity contribution is 7.99. The molecule has 2 aromatic heterocycles. The van der Waals surface area contributed by atoms with Gasteiger partial charge in [0, 0.05) is 5.56 Å². The summed E-state index contributed by atoms with van der Waals surface area (Å²) in [6.07, 6.45) is 3.88. The zero-order valence-electron chi connectivity index (χ0n) is 10.3. The molecule has 1 amide bonds. The Morgan fingerprint density at radius 2 is 2.47 bits per heavy atom. The maximum absolute atomic E-state index is 11.8. The molecule has 19 heavy (non-hydrogen) atoms. The van der Waals surface area contributed by atoms with Gasteiger partial charge < -0.3 is 5.32 Å². The molecule has 1 fully saturated rings. The summed E-state index contributed by atoms with van der Waals surface area (Å²) in [7, 11) is 0. The SMILES string of the molecule is Cc1cn[nH]c1NC(=O)CSc1nnnn1C1CC1. The Labute approximate surface area is 113 Å². The van der Waals surface area contributed by atoms with Gasteiger partial charge >= 0.3 is 0 Å². The quantitative estimate of drug-likeness (QED) is 0.784. The van der Waals surface area contributed by atoms with Crippen LogP contribution < -0.4 is 5.32 Å². The predicted octanol–water partition coefficient (Wildman–Crippen LogP) is 0.770. The van der Waals surface area contributed by atoms with Gasteiger partial charge in [0.25, 0.3) is 0 Å². The van der Waals surface area contributed by atoms with Gasteiger partial charge in [0.15, 0.2) is 0 Å². The highest BCUT2D eigenvalue weighted by atomic mass is 32.2. The fourth-order valence-electron chi connectivity index (χ4n) is 1.61. The van der Waals surface area contributed by atoms with E-state index in [9.17, 15) is 4.79 Å². The molecule has 0 unspecified atom stereocenters. The second kappa shape index (κ2) is 5.00. The van der Waals surface area contributed by atoms with Gasteiger partial charge in [-0.3, -0.25) is 9.89 Å². The minimum Gasteiger partial charge on any atom is -0.310 e. The Morgan fingerprint density at radius 1 is 1.63 bits per heavy atom. The summed E-state index contributed by atoms with van der Waals surface area (Å²) in [5, 5.41) is 21.5. The molecule has 9 heteroatoms. The smallest absolute Gasteiger partial charge is 0.235 e. The number of aryl methyl sites for hydroxylation is 1. The van der Waals surface area contributed by atoms with Crippen LogP contribution in [0.5, 0.6) is 0 Å². The fourth-order valence-corrected chi connectivity index (χ4v) is 2.35. The van der Waals surface area contributed by atoms with E-state index >= 15 is 0 Å². The third-order valence-electron chi connectivity index (χ3n) is 2.78. The molecule has 0 bridgehead atoms. The Kier molecular flexibility index (Phi) is 3.20. The average molecular weight is 279 g/mol. The first-order chi connectivity index (χ1) is 9.24. The Hall–Kier alpha value is -1.90. The zero-order chi connectivity index (χ0) is 13.2. The van der Waals surface area contributed by atoms with Crippen LogP contribution in [-0.4, -0.2) is 42.1 Å². The van der Waals surface area contributed by atoms with Crippen LogP contribution in [0.15, 0.2) is 11.4 Å². The number of thioether (sulfide) groups is 1. The average Bonchev–Trinajstić information content (AvgIpc) is 3.00. The molecule has 100 valence electrons. The van der Waals surface area contributed by atoms with Crippen molar-refractivity contribution in [3.63, 3.8) is 0 Å². The lowest BCUT2D eigenvalue weighted by atomic mass is 10.4. The number of aromatic nitrogens is 6. The lowest BCUT2D eigenvalue weighted by molar-refractivity contribution is -0.113. The molecule has 0 aliphatic heterocycles. The molecule has 3 rings (SSSR count). The molecule has 2 heterocycles. The third kappa shape index (κ3) is 2.75. The number of hydrogen-bond donors (Lipinski definition) is 2. The van der Waals surface area contributed by atoms with Crippen molar-refractivity contribution in [1.29, 1.82) is 0 Å². The number of hydrogen-bond acceptors (Lipinski definition) is 6. The van der Waals surface area contributed by atoms with Gasteiger partial charge in [-0.25, -0.2) is 4.68 Å². The van der Waals surface area contributed by atoms with E-state index in [0.717, 1.165) is 18.4 Å². The van der Waals surface area contributed by atoms with Crippen LogP contribution in [0.4, 0.5) is 5.82 Å². The number of tetrazole rings is 1. The second-order valence-corrected chi connectivity index (χ2v) is 5.34. The minimum atomic E-state index is -0.109. The van der Waals surface area contributed by atoms with Crippen LogP contribution in [0.3, 0.4) is 0 Å². The summed E-state index contributed by atoms with van der Waals surface area (Å²) in [5.41, 5.74) is 0.904. The van der Waals surface area contributed by atoms with Gasteiger partial charge in [-0.2, -0.15) is 5.10 Å². The van der Waals surface area contributed by atoms with Crippen LogP contribution in [0.25, 0.3) is 0 Å². The first-order valence-corrected chi connectivity index (χ1v) is 6.93. The minimum absolute atomic E-state index is 0.109. The van der Waals surface area contributed by atoms with Gasteiger partial charge in [-0.15, -0.1) is 5.10 Å². The number of H-pyrrole nitrogens is 1. The summed E-state index contributed by atoms with van der Waals surface area (Å²) < 4.78 is 1.79. The highest BCUT2D eigenvalue weighted by Crippen LogP contribution is 2.36. The summed E-state index contributed by atoms with van der Waals surface area (Å²) in [6.45, 7) is 1.87. The Balaban J connectivity index is 1.55. The van der Waals surface area contributed by atoms with Crippen molar-refractivity contribution >= 4 is 23.5 Å². The lowest BCUT2D eigenvalue weighted by Crippen LogP contribution is -2.15. The molecule has 1 saturated carbocycles. The van der Waals surface area contributed by atoms with Crippen LogP contribution in [0.2, 0.25) is 0 Å². The zero-order valence-corrected chi connectivity index (χ0v) is 11.1. The molecule has 0 radical (unpaired) electrons. The molecule has 1 aliphatic carbocycles. The summed E-state index contributed by atoms with van der Waals surface area (Å²) in [6, 6.07) is 0.412. The molecule has 0 aromatic carbocycles. The van der Waals surface area contributed by atoms with Crippen molar-refractivity contribution < 1.29 is 4.79 Å². The van der Waals surface area contributed by atoms with E-state index < -0.39 is 0 Å². The lowest BCUT2D eigenvalue weighted by Gasteiger charge is -2.04.